The maximum absolute atomic E-state index is 12.3. The maximum atomic E-state index is 12.3. The summed E-state index contributed by atoms with van der Waals surface area (Å²) in [5.41, 5.74) is 6.05. The van der Waals surface area contributed by atoms with E-state index in [1.165, 1.54) is 0 Å². The van der Waals surface area contributed by atoms with Crippen LogP contribution < -0.4 is 5.43 Å². The summed E-state index contributed by atoms with van der Waals surface area (Å²) in [4.78, 5) is 12.3. The van der Waals surface area contributed by atoms with Crippen LogP contribution in [0.15, 0.2) is 65.8 Å². The number of nitrogens with zero attached hydrogens (tertiary/aromatic N) is 2. The number of rotatable bonds is 5. The molecule has 0 bridgehead atoms. The lowest BCUT2D eigenvalue weighted by atomic mass is 10.1. The van der Waals surface area contributed by atoms with E-state index in [0.29, 0.717) is 22.8 Å². The van der Waals surface area contributed by atoms with Gasteiger partial charge in [-0.15, -0.1) is 0 Å². The maximum Gasteiger partial charge on any atom is 0.289 e. The summed E-state index contributed by atoms with van der Waals surface area (Å²) < 4.78 is 0. The first kappa shape index (κ1) is 16.9. The predicted molar refractivity (Wildman–Crippen MR) is 99.8 cm³/mol. The molecule has 0 unspecified atom stereocenters. The first-order valence-corrected chi connectivity index (χ1v) is 8.29. The minimum atomic E-state index is -0.354. The highest BCUT2D eigenvalue weighted by Gasteiger charge is 2.12. The average molecular weight is 353 g/mol. The van der Waals surface area contributed by atoms with Gasteiger partial charge >= 0.3 is 0 Å². The molecule has 0 spiro atoms. The van der Waals surface area contributed by atoms with Gasteiger partial charge in [0.05, 0.1) is 16.4 Å². The van der Waals surface area contributed by atoms with Gasteiger partial charge in [0.15, 0.2) is 0 Å². The zero-order valence-corrected chi connectivity index (χ0v) is 14.4. The van der Waals surface area contributed by atoms with Crippen LogP contribution in [0.1, 0.15) is 29.4 Å². The second-order valence-electron chi connectivity index (χ2n) is 5.37. The molecule has 0 aliphatic rings. The molecule has 0 aliphatic heterocycles. The average Bonchev–Trinajstić information content (AvgIpc) is 3.13. The summed E-state index contributed by atoms with van der Waals surface area (Å²) in [6, 6.07) is 18.7. The Hall–Kier alpha value is -2.92. The minimum Gasteiger partial charge on any atom is -0.272 e. The van der Waals surface area contributed by atoms with Crippen molar-refractivity contribution in [1.29, 1.82) is 0 Å². The van der Waals surface area contributed by atoms with Crippen molar-refractivity contribution < 1.29 is 4.79 Å². The third kappa shape index (κ3) is 3.95. The number of aromatic nitrogens is 2. The Morgan fingerprint density at radius 1 is 1.16 bits per heavy atom. The van der Waals surface area contributed by atoms with Crippen LogP contribution in [0.25, 0.3) is 11.3 Å². The quantitative estimate of drug-likeness (QED) is 0.531. The smallest absolute Gasteiger partial charge is 0.272 e. The molecule has 0 fully saturated rings. The summed E-state index contributed by atoms with van der Waals surface area (Å²) in [7, 11) is 0. The molecule has 0 atom stereocenters. The van der Waals surface area contributed by atoms with Crippen molar-refractivity contribution in [2.45, 2.75) is 13.3 Å². The second-order valence-corrected chi connectivity index (χ2v) is 5.77. The Morgan fingerprint density at radius 3 is 2.60 bits per heavy atom. The Bertz CT molecular complexity index is 903. The standard InChI is InChI=1S/C19H17ClN4O/c1-2-16(13-8-4-3-5-9-13)21-24-19(25)18-12-17(22-23-18)14-10-6-7-11-15(14)20/h3-12H,2H2,1H3,(H,22,23)(H,24,25). The Balaban J connectivity index is 1.76. The molecule has 5 nitrogen and oxygen atoms in total. The number of hydrazone groups is 1. The van der Waals surface area contributed by atoms with Crippen molar-refractivity contribution in [2.75, 3.05) is 0 Å². The molecule has 25 heavy (non-hydrogen) atoms. The predicted octanol–water partition coefficient (Wildman–Crippen LogP) is 4.27. The monoisotopic (exact) mass is 352 g/mol. The van der Waals surface area contributed by atoms with E-state index in [-0.39, 0.29) is 5.91 Å². The van der Waals surface area contributed by atoms with Gasteiger partial charge in [0.25, 0.3) is 5.91 Å². The van der Waals surface area contributed by atoms with Crippen molar-refractivity contribution in [3.05, 3.63) is 76.9 Å². The normalized spacial score (nSPS) is 11.4. The number of hydrogen-bond acceptors (Lipinski definition) is 3. The number of halogens is 1. The van der Waals surface area contributed by atoms with Crippen LogP contribution in [0.3, 0.4) is 0 Å². The Morgan fingerprint density at radius 2 is 1.88 bits per heavy atom. The molecule has 0 saturated heterocycles. The van der Waals surface area contributed by atoms with Crippen molar-refractivity contribution >= 4 is 23.2 Å². The fourth-order valence-electron chi connectivity index (χ4n) is 2.40. The molecule has 0 aliphatic carbocycles. The lowest BCUT2D eigenvalue weighted by Crippen LogP contribution is -2.20. The lowest BCUT2D eigenvalue weighted by molar-refractivity contribution is 0.0950. The van der Waals surface area contributed by atoms with E-state index in [1.54, 1.807) is 12.1 Å². The molecular weight excluding hydrogens is 336 g/mol. The molecule has 6 heteroatoms. The topological polar surface area (TPSA) is 70.1 Å². The number of amides is 1. The van der Waals surface area contributed by atoms with Crippen LogP contribution in [0.2, 0.25) is 5.02 Å². The Kier molecular flexibility index (Phi) is 5.26. The van der Waals surface area contributed by atoms with Crippen molar-refractivity contribution in [3.8, 4) is 11.3 Å². The van der Waals surface area contributed by atoms with E-state index in [2.05, 4.69) is 20.7 Å². The molecule has 3 aromatic rings. The fourth-order valence-corrected chi connectivity index (χ4v) is 2.63. The number of nitrogens with one attached hydrogen (secondary N) is 2. The first-order valence-electron chi connectivity index (χ1n) is 7.91. The molecule has 0 saturated carbocycles. The molecule has 1 amide bonds. The van der Waals surface area contributed by atoms with Gasteiger partial charge in [-0.1, -0.05) is 67.1 Å². The highest BCUT2D eigenvalue weighted by molar-refractivity contribution is 6.33. The zero-order valence-electron chi connectivity index (χ0n) is 13.7. The SMILES string of the molecule is CCC(=NNC(=O)c1cc(-c2ccccc2Cl)n[nH]1)c1ccccc1. The van der Waals surface area contributed by atoms with Gasteiger partial charge in [-0.2, -0.15) is 10.2 Å². The summed E-state index contributed by atoms with van der Waals surface area (Å²) in [6.07, 6.45) is 0.706. The zero-order chi connectivity index (χ0) is 17.6. The van der Waals surface area contributed by atoms with Crippen LogP contribution in [0.5, 0.6) is 0 Å². The largest absolute Gasteiger partial charge is 0.289 e. The molecule has 1 aromatic heterocycles. The summed E-state index contributed by atoms with van der Waals surface area (Å²) in [5.74, 6) is -0.354. The molecule has 2 N–H and O–H groups in total. The first-order chi connectivity index (χ1) is 12.2. The van der Waals surface area contributed by atoms with Gasteiger partial charge < -0.3 is 0 Å². The van der Waals surface area contributed by atoms with Gasteiger partial charge in [0.2, 0.25) is 0 Å². The van der Waals surface area contributed by atoms with Crippen LogP contribution >= 0.6 is 11.6 Å². The molecule has 1 heterocycles. The molecule has 126 valence electrons. The highest BCUT2D eigenvalue weighted by atomic mass is 35.5. The van der Waals surface area contributed by atoms with Crippen molar-refractivity contribution in [3.63, 3.8) is 0 Å². The van der Waals surface area contributed by atoms with E-state index in [0.717, 1.165) is 16.8 Å². The van der Waals surface area contributed by atoms with Gasteiger partial charge in [-0.3, -0.25) is 9.89 Å². The molecule has 0 radical (unpaired) electrons. The lowest BCUT2D eigenvalue weighted by Gasteiger charge is -2.04. The van der Waals surface area contributed by atoms with E-state index >= 15 is 0 Å². The van der Waals surface area contributed by atoms with Gasteiger partial charge in [0.1, 0.15) is 5.69 Å². The Labute approximate surface area is 150 Å². The van der Waals surface area contributed by atoms with Crippen LogP contribution in [0, 0.1) is 0 Å². The molecular formula is C19H17ClN4O. The van der Waals surface area contributed by atoms with Crippen molar-refractivity contribution in [1.82, 2.24) is 15.6 Å². The highest BCUT2D eigenvalue weighted by Crippen LogP contribution is 2.26. The number of H-pyrrole nitrogens is 1. The number of carbonyl (C=O) groups excluding carboxylic acids is 1. The molecule has 2 aromatic carbocycles. The molecule has 3 rings (SSSR count). The fraction of sp³-hybridized carbons (Fsp3) is 0.105. The summed E-state index contributed by atoms with van der Waals surface area (Å²) in [5, 5.41) is 11.7. The summed E-state index contributed by atoms with van der Waals surface area (Å²) >= 11 is 6.16. The van der Waals surface area contributed by atoms with Gasteiger partial charge in [0, 0.05) is 5.56 Å². The van der Waals surface area contributed by atoms with Crippen LogP contribution in [-0.2, 0) is 0 Å². The minimum absolute atomic E-state index is 0.321. The van der Waals surface area contributed by atoms with E-state index < -0.39 is 0 Å². The van der Waals surface area contributed by atoms with Crippen LogP contribution in [0.4, 0.5) is 0 Å². The van der Waals surface area contributed by atoms with E-state index in [9.17, 15) is 4.79 Å². The van der Waals surface area contributed by atoms with Crippen LogP contribution in [-0.4, -0.2) is 21.8 Å². The second kappa shape index (κ2) is 7.77. The van der Waals surface area contributed by atoms with Crippen molar-refractivity contribution in [2.24, 2.45) is 5.10 Å². The number of benzene rings is 2. The number of hydrogen-bond donors (Lipinski definition) is 2. The summed E-state index contributed by atoms with van der Waals surface area (Å²) in [6.45, 7) is 1.99. The van der Waals surface area contributed by atoms with Gasteiger partial charge in [-0.25, -0.2) is 5.43 Å². The van der Waals surface area contributed by atoms with E-state index in [1.807, 2.05) is 55.5 Å². The number of carbonyl (C=O) groups is 1. The van der Waals surface area contributed by atoms with E-state index in [4.69, 9.17) is 11.6 Å². The third-order valence-corrected chi connectivity index (χ3v) is 4.04. The number of aromatic amines is 1. The van der Waals surface area contributed by atoms with Gasteiger partial charge in [-0.05, 0) is 24.1 Å². The third-order valence-electron chi connectivity index (χ3n) is 3.71.